The van der Waals surface area contributed by atoms with Gasteiger partial charge in [0.05, 0.1) is 18.6 Å². The third kappa shape index (κ3) is 5.94. The van der Waals surface area contributed by atoms with Crippen molar-refractivity contribution < 1.29 is 36.7 Å². The third-order valence-corrected chi connectivity index (χ3v) is 7.11. The normalized spacial score (nSPS) is 25.3. The van der Waals surface area contributed by atoms with Crippen LogP contribution in [0.5, 0.6) is 0 Å². The lowest BCUT2D eigenvalue weighted by atomic mass is 9.80. The molecule has 0 radical (unpaired) electrons. The summed E-state index contributed by atoms with van der Waals surface area (Å²) in [6, 6.07) is 0.605. The highest BCUT2D eigenvalue weighted by Crippen LogP contribution is 2.35. The van der Waals surface area contributed by atoms with E-state index in [1.165, 1.54) is 7.11 Å². The van der Waals surface area contributed by atoms with E-state index < -0.39 is 58.9 Å². The molecule has 2 amide bonds. The zero-order valence-corrected chi connectivity index (χ0v) is 20.2. The summed E-state index contributed by atoms with van der Waals surface area (Å²) in [7, 11) is 3.30. The van der Waals surface area contributed by atoms with Gasteiger partial charge in [-0.05, 0) is 64.8 Å². The van der Waals surface area contributed by atoms with E-state index in [0.717, 1.165) is 6.42 Å². The largest absolute Gasteiger partial charge is 0.469 e. The van der Waals surface area contributed by atoms with Crippen molar-refractivity contribution in [3.8, 4) is 0 Å². The Labute approximate surface area is 201 Å². The number of ether oxygens (including phenoxy) is 1. The molecular weight excluding hydrogens is 470 g/mol. The van der Waals surface area contributed by atoms with E-state index in [9.17, 15) is 31.9 Å². The summed E-state index contributed by atoms with van der Waals surface area (Å²) < 4.78 is 57.7. The summed E-state index contributed by atoms with van der Waals surface area (Å²) in [5, 5.41) is 2.43. The summed E-state index contributed by atoms with van der Waals surface area (Å²) in [6.07, 6.45) is -2.71. The minimum atomic E-state index is -4.82. The van der Waals surface area contributed by atoms with Crippen molar-refractivity contribution in [2.24, 2.45) is 5.92 Å². The Kier molecular flexibility index (Phi) is 8.08. The number of likely N-dealkylation sites (tertiary alicyclic amines) is 1. The number of rotatable bonds is 6. The number of nitrogens with one attached hydrogen (secondary N) is 1. The van der Waals surface area contributed by atoms with Crippen LogP contribution in [0.2, 0.25) is 0 Å². The maximum atomic E-state index is 13.7. The number of halogens is 4. The molecule has 2 fully saturated rings. The molecule has 0 bridgehead atoms. The van der Waals surface area contributed by atoms with E-state index in [1.54, 1.807) is 4.90 Å². The number of hydrogen-bond donors (Lipinski definition) is 1. The number of nitrogens with zero attached hydrogens (tertiary/aromatic N) is 2. The van der Waals surface area contributed by atoms with Gasteiger partial charge in [-0.15, -0.1) is 0 Å². The van der Waals surface area contributed by atoms with Crippen molar-refractivity contribution in [1.82, 2.24) is 15.1 Å². The highest BCUT2D eigenvalue weighted by molar-refractivity contribution is 5.98. The number of esters is 1. The van der Waals surface area contributed by atoms with E-state index in [4.69, 9.17) is 4.74 Å². The van der Waals surface area contributed by atoms with E-state index in [-0.39, 0.29) is 25.0 Å². The van der Waals surface area contributed by atoms with Crippen LogP contribution in [-0.4, -0.2) is 72.5 Å². The van der Waals surface area contributed by atoms with Crippen LogP contribution >= 0.6 is 0 Å². The fourth-order valence-corrected chi connectivity index (χ4v) is 4.99. The second-order valence-corrected chi connectivity index (χ2v) is 9.50. The number of carbonyl (C=O) groups is 3. The number of alkyl halides is 3. The molecule has 11 heteroatoms. The molecule has 1 heterocycles. The summed E-state index contributed by atoms with van der Waals surface area (Å²) >= 11 is 0. The first-order valence-corrected chi connectivity index (χ1v) is 11.6. The maximum absolute atomic E-state index is 13.7. The number of hydrogen-bond acceptors (Lipinski definition) is 5. The van der Waals surface area contributed by atoms with Crippen LogP contribution in [-0.2, 0) is 20.5 Å². The number of benzene rings is 1. The lowest BCUT2D eigenvalue weighted by Crippen LogP contribution is -2.53. The van der Waals surface area contributed by atoms with Gasteiger partial charge >= 0.3 is 12.1 Å². The molecule has 1 aromatic carbocycles. The van der Waals surface area contributed by atoms with E-state index in [1.807, 2.05) is 7.05 Å². The summed E-state index contributed by atoms with van der Waals surface area (Å²) in [5.41, 5.74) is -1.81. The topological polar surface area (TPSA) is 79.0 Å². The first-order valence-electron chi connectivity index (χ1n) is 11.6. The Morgan fingerprint density at radius 2 is 1.86 bits per heavy atom. The van der Waals surface area contributed by atoms with Gasteiger partial charge in [0, 0.05) is 30.2 Å². The Bertz CT molecular complexity index is 969. The Morgan fingerprint density at radius 3 is 2.46 bits per heavy atom. The van der Waals surface area contributed by atoms with Crippen molar-refractivity contribution in [1.29, 1.82) is 0 Å². The predicted molar refractivity (Wildman–Crippen MR) is 119 cm³/mol. The molecule has 2 aliphatic rings. The number of amides is 2. The Morgan fingerprint density at radius 1 is 1.17 bits per heavy atom. The molecular formula is C24H31F4N3O4. The standard InChI is InChI=1S/C24H31F4N3O4/c1-13(2)30(3)17-5-6-20(18(12-17)23(34)35-4)31-8-7-19(22(31)33)29-21(32)14-9-15(24(26,27)28)11-16(25)10-14/h9-11,13,17-20H,5-8,12H2,1-4H3,(H,29,32)/t17?,18?,19-,20?/m0/s1. The molecule has 35 heavy (non-hydrogen) atoms. The molecule has 1 saturated carbocycles. The van der Waals surface area contributed by atoms with Crippen LogP contribution in [0.1, 0.15) is 55.5 Å². The van der Waals surface area contributed by atoms with E-state index in [0.29, 0.717) is 31.0 Å². The smallest absolute Gasteiger partial charge is 0.416 e. The molecule has 1 aliphatic heterocycles. The Balaban J connectivity index is 1.72. The van der Waals surface area contributed by atoms with Gasteiger partial charge in [-0.3, -0.25) is 14.4 Å². The van der Waals surface area contributed by atoms with Crippen LogP contribution < -0.4 is 5.32 Å². The number of carbonyl (C=O) groups excluding carboxylic acids is 3. The van der Waals surface area contributed by atoms with E-state index >= 15 is 0 Å². The highest BCUT2D eigenvalue weighted by atomic mass is 19.4. The number of methoxy groups -OCH3 is 1. The molecule has 1 saturated heterocycles. The van der Waals surface area contributed by atoms with Crippen molar-refractivity contribution in [2.45, 2.75) is 69.9 Å². The zero-order valence-electron chi connectivity index (χ0n) is 20.2. The summed E-state index contributed by atoms with van der Waals surface area (Å²) in [6.45, 7) is 4.41. The van der Waals surface area contributed by atoms with Gasteiger partial charge < -0.3 is 19.9 Å². The second-order valence-electron chi connectivity index (χ2n) is 9.50. The van der Waals surface area contributed by atoms with Crippen LogP contribution in [0.4, 0.5) is 17.6 Å². The molecule has 1 aliphatic carbocycles. The molecule has 3 rings (SSSR count). The van der Waals surface area contributed by atoms with Crippen LogP contribution in [0, 0.1) is 11.7 Å². The first kappa shape index (κ1) is 26.9. The average molecular weight is 502 g/mol. The second kappa shape index (κ2) is 10.5. The minimum absolute atomic E-state index is 0.152. The molecule has 3 unspecified atom stereocenters. The van der Waals surface area contributed by atoms with E-state index in [2.05, 4.69) is 24.1 Å². The Hall–Kier alpha value is -2.69. The van der Waals surface area contributed by atoms with Gasteiger partial charge in [-0.25, -0.2) is 4.39 Å². The van der Waals surface area contributed by atoms with Gasteiger partial charge in [-0.2, -0.15) is 13.2 Å². The lowest BCUT2D eigenvalue weighted by Gasteiger charge is -2.43. The fourth-order valence-electron chi connectivity index (χ4n) is 4.99. The first-order chi connectivity index (χ1) is 16.3. The van der Waals surface area contributed by atoms with Crippen molar-refractivity contribution in [2.75, 3.05) is 20.7 Å². The van der Waals surface area contributed by atoms with Crippen LogP contribution in [0.15, 0.2) is 18.2 Å². The fraction of sp³-hybridized carbons (Fsp3) is 0.625. The molecule has 0 aromatic heterocycles. The third-order valence-electron chi connectivity index (χ3n) is 7.11. The van der Waals surface area contributed by atoms with Crippen molar-refractivity contribution in [3.63, 3.8) is 0 Å². The average Bonchev–Trinajstić information content (AvgIpc) is 3.16. The molecule has 1 N–H and O–H groups in total. The van der Waals surface area contributed by atoms with Gasteiger partial charge in [0.2, 0.25) is 5.91 Å². The molecule has 0 spiro atoms. The molecule has 4 atom stereocenters. The molecule has 7 nitrogen and oxygen atoms in total. The summed E-state index contributed by atoms with van der Waals surface area (Å²) in [4.78, 5) is 42.0. The van der Waals surface area contributed by atoms with Gasteiger partial charge in [0.25, 0.3) is 5.91 Å². The van der Waals surface area contributed by atoms with Crippen molar-refractivity contribution >= 4 is 17.8 Å². The minimum Gasteiger partial charge on any atom is -0.469 e. The SMILES string of the molecule is COC(=O)C1CC(N(C)C(C)C)CCC1N1CC[C@H](NC(=O)c2cc(F)cc(C(F)(F)F)c2)C1=O. The maximum Gasteiger partial charge on any atom is 0.416 e. The predicted octanol–water partition coefficient (Wildman–Crippen LogP) is 3.23. The van der Waals surface area contributed by atoms with Crippen molar-refractivity contribution in [3.05, 3.63) is 35.1 Å². The summed E-state index contributed by atoms with van der Waals surface area (Å²) in [5.74, 6) is -3.52. The van der Waals surface area contributed by atoms with Gasteiger partial charge in [0.1, 0.15) is 11.9 Å². The monoisotopic (exact) mass is 501 g/mol. The van der Waals surface area contributed by atoms with Crippen LogP contribution in [0.25, 0.3) is 0 Å². The highest BCUT2D eigenvalue weighted by Gasteiger charge is 2.46. The molecule has 1 aromatic rings. The zero-order chi connectivity index (χ0) is 26.1. The van der Waals surface area contributed by atoms with Gasteiger partial charge in [-0.1, -0.05) is 0 Å². The molecule has 194 valence electrons. The quantitative estimate of drug-likeness (QED) is 0.479. The van der Waals surface area contributed by atoms with Gasteiger partial charge in [0.15, 0.2) is 0 Å². The lowest BCUT2D eigenvalue weighted by molar-refractivity contribution is -0.152. The van der Waals surface area contributed by atoms with Crippen LogP contribution in [0.3, 0.4) is 0 Å².